The molecular weight excluding hydrogens is 670 g/mol. The van der Waals surface area contributed by atoms with Gasteiger partial charge in [0.15, 0.2) is 0 Å². The van der Waals surface area contributed by atoms with Gasteiger partial charge in [-0.05, 0) is 0 Å². The van der Waals surface area contributed by atoms with Crippen molar-refractivity contribution in [2.24, 2.45) is 0 Å². The summed E-state index contributed by atoms with van der Waals surface area (Å²) in [6.45, 7) is 0. The zero-order valence-corrected chi connectivity index (χ0v) is 17.6. The van der Waals surface area contributed by atoms with E-state index in [1.165, 1.54) is 0 Å². The van der Waals surface area contributed by atoms with Crippen molar-refractivity contribution in [3.63, 3.8) is 0 Å². The molecule has 0 aliphatic rings. The first kappa shape index (κ1) is 29.6. The Labute approximate surface area is 128 Å². The Kier molecular flexibility index (Phi) is 28.7. The second-order valence-corrected chi connectivity index (χ2v) is 3.00. The molecule has 0 atom stereocenters. The van der Waals surface area contributed by atoms with Crippen LogP contribution in [0.15, 0.2) is 0 Å². The van der Waals surface area contributed by atoms with Crippen molar-refractivity contribution in [3.05, 3.63) is 0 Å². The van der Waals surface area contributed by atoms with Gasteiger partial charge in [-0.3, -0.25) is 0 Å². The van der Waals surface area contributed by atoms with E-state index < -0.39 is 18.1 Å². The average Bonchev–Trinajstić information content (AvgIpc) is 1.12. The van der Waals surface area contributed by atoms with Crippen LogP contribution in [0.25, 0.3) is 0 Å². The average molecular weight is 670 g/mol. The molecule has 0 spiro atoms. The first-order valence-electron chi connectivity index (χ1n) is 1.63. The molecular formula is BiGaO8PbSi2. The minimum atomic E-state index is -5.61. The van der Waals surface area contributed by atoms with Crippen LogP contribution in [0, 0.1) is 0 Å². The largest absolute Gasteiger partial charge is 3.00 e. The molecule has 0 fully saturated rings. The van der Waals surface area contributed by atoms with Crippen LogP contribution in [0.4, 0.5) is 0 Å². The molecule has 0 aliphatic heterocycles. The van der Waals surface area contributed by atoms with E-state index in [4.69, 9.17) is 38.4 Å². The summed E-state index contributed by atoms with van der Waals surface area (Å²) in [7, 11) is -11.2. The Morgan fingerprint density at radius 3 is 0.538 bits per heavy atom. The summed E-state index contributed by atoms with van der Waals surface area (Å²) in [6.07, 6.45) is 0. The van der Waals surface area contributed by atoms with Gasteiger partial charge in [-0.1, -0.05) is 0 Å². The summed E-state index contributed by atoms with van der Waals surface area (Å²) < 4.78 is 0. The van der Waals surface area contributed by atoms with Crippen molar-refractivity contribution in [3.8, 4) is 0 Å². The Hall–Kier alpha value is 2.56. The number of rotatable bonds is 0. The van der Waals surface area contributed by atoms with E-state index in [0.29, 0.717) is 0 Å². The van der Waals surface area contributed by atoms with Gasteiger partial charge in [0.2, 0.25) is 0 Å². The second-order valence-electron chi connectivity index (χ2n) is 1.00. The van der Waals surface area contributed by atoms with Crippen LogP contribution >= 0.6 is 0 Å². The summed E-state index contributed by atoms with van der Waals surface area (Å²) in [4.78, 5) is 68.6. The van der Waals surface area contributed by atoms with Gasteiger partial charge in [0, 0.05) is 0 Å². The van der Waals surface area contributed by atoms with Crippen LogP contribution in [0.2, 0.25) is 0 Å². The Morgan fingerprint density at radius 1 is 0.538 bits per heavy atom. The van der Waals surface area contributed by atoms with Crippen molar-refractivity contribution in [2.45, 2.75) is 0 Å². The van der Waals surface area contributed by atoms with Gasteiger partial charge in [-0.25, -0.2) is 0 Å². The molecule has 13 heavy (non-hydrogen) atoms. The molecule has 0 N–H and O–H groups in total. The Balaban J connectivity index is -0.0000000267. The third kappa shape index (κ3) is 351. The normalized spacial score (nSPS) is 9.23. The molecule has 8 nitrogen and oxygen atoms in total. The molecule has 0 aromatic carbocycles. The Bertz CT molecular complexity index is 65.1. The molecule has 0 aliphatic carbocycles. The number of hydrogen-bond acceptors (Lipinski definition) is 8. The molecule has 0 heterocycles. The van der Waals surface area contributed by atoms with Crippen molar-refractivity contribution < 1.29 is 38.4 Å². The maximum atomic E-state index is 8.58. The van der Waals surface area contributed by atoms with E-state index in [0.717, 1.165) is 0 Å². The molecule has 0 saturated carbocycles. The fraction of sp³-hybridized carbons (Fsp3) is 0. The van der Waals surface area contributed by atoms with E-state index in [9.17, 15) is 0 Å². The zero-order valence-electron chi connectivity index (χ0n) is 5.79. The second kappa shape index (κ2) is 12.6. The van der Waals surface area contributed by atoms with Crippen molar-refractivity contribution in [1.82, 2.24) is 0 Å². The van der Waals surface area contributed by atoms with Crippen LogP contribution in [0.3, 0.4) is 0 Å². The fourth-order valence-electron chi connectivity index (χ4n) is 0. The summed E-state index contributed by atoms with van der Waals surface area (Å²) in [5, 5.41) is 0. The summed E-state index contributed by atoms with van der Waals surface area (Å²) in [6, 6.07) is 0. The predicted molar refractivity (Wildman–Crippen MR) is 28.8 cm³/mol. The van der Waals surface area contributed by atoms with Crippen LogP contribution in [-0.4, -0.2) is 91.4 Å². The summed E-state index contributed by atoms with van der Waals surface area (Å²) in [5.41, 5.74) is 0. The van der Waals surface area contributed by atoms with E-state index in [2.05, 4.69) is 0 Å². The maximum Gasteiger partial charge on any atom is 3.00 e. The fourth-order valence-corrected chi connectivity index (χ4v) is 0. The third-order valence-electron chi connectivity index (χ3n) is 0. The SMILES string of the molecule is [Bi+3].[Ga+3].[O-][Si]([O-])([O-])[O-].[O-][Si]([O-])([O-])[O-].[Pb+2]. The van der Waals surface area contributed by atoms with Crippen LogP contribution < -0.4 is 38.4 Å². The minimum Gasteiger partial charge on any atom is -0.894 e. The predicted octanol–water partition coefficient (Wildman–Crippen LogP) is -11.4. The standard InChI is InChI=1S/Bi.Ga.2O4Si.Pb/c;;2*1-5(2,3)4;/q2*+3;2*-4;+2. The molecule has 0 saturated heterocycles. The van der Waals surface area contributed by atoms with E-state index in [1.807, 2.05) is 0 Å². The minimum absolute atomic E-state index is 0. The number of hydrogen-bond donors (Lipinski definition) is 0. The summed E-state index contributed by atoms with van der Waals surface area (Å²) >= 11 is 0. The molecule has 0 bridgehead atoms. The van der Waals surface area contributed by atoms with E-state index in [1.54, 1.807) is 0 Å². The van der Waals surface area contributed by atoms with Gasteiger partial charge < -0.3 is 56.5 Å². The van der Waals surface area contributed by atoms with Gasteiger partial charge in [-0.15, -0.1) is 0 Å². The quantitative estimate of drug-likeness (QED) is 0.228. The van der Waals surface area contributed by atoms with Gasteiger partial charge in [0.05, 0.1) is 0 Å². The first-order chi connectivity index (χ1) is 4.00. The van der Waals surface area contributed by atoms with Gasteiger partial charge in [-0.2, -0.15) is 0 Å². The smallest absolute Gasteiger partial charge is 0.894 e. The summed E-state index contributed by atoms with van der Waals surface area (Å²) in [5.74, 6) is 0. The van der Waals surface area contributed by atoms with Gasteiger partial charge in [0.25, 0.3) is 0 Å². The molecule has 4 radical (unpaired) electrons. The van der Waals surface area contributed by atoms with Crippen molar-refractivity contribution in [2.75, 3.05) is 0 Å². The van der Waals surface area contributed by atoms with Gasteiger partial charge >= 0.3 is 73.3 Å². The molecule has 0 rings (SSSR count). The third-order valence-corrected chi connectivity index (χ3v) is 0. The Morgan fingerprint density at radius 2 is 0.538 bits per heavy atom. The van der Waals surface area contributed by atoms with Gasteiger partial charge in [0.1, 0.15) is 0 Å². The van der Waals surface area contributed by atoms with Crippen molar-refractivity contribution >= 4 is 91.4 Å². The van der Waals surface area contributed by atoms with E-state index >= 15 is 0 Å². The first-order valence-corrected chi connectivity index (χ1v) is 4.90. The molecule has 0 amide bonds. The van der Waals surface area contributed by atoms with Crippen LogP contribution in [0.1, 0.15) is 0 Å². The molecule has 0 aromatic rings. The maximum absolute atomic E-state index is 8.58. The molecule has 13 heteroatoms. The monoisotopic (exact) mass is 670 g/mol. The molecule has 68 valence electrons. The van der Waals surface area contributed by atoms with Crippen LogP contribution in [-0.2, 0) is 0 Å². The molecule has 0 unspecified atom stereocenters. The zero-order chi connectivity index (χ0) is 9.00. The van der Waals surface area contributed by atoms with Crippen molar-refractivity contribution in [1.29, 1.82) is 0 Å². The van der Waals surface area contributed by atoms with E-state index in [-0.39, 0.29) is 73.3 Å². The topological polar surface area (TPSA) is 184 Å². The van der Waals surface area contributed by atoms with Crippen LogP contribution in [0.5, 0.6) is 0 Å². The molecule has 0 aromatic heterocycles.